The number of benzene rings is 4. The van der Waals surface area contributed by atoms with E-state index in [1.54, 1.807) is 9.69 Å². The zero-order chi connectivity index (χ0) is 37.2. The monoisotopic (exact) mass is 699 g/mol. The number of hydrogen-bond donors (Lipinski definition) is 2. The van der Waals surface area contributed by atoms with Crippen LogP contribution in [-0.4, -0.2) is 44.3 Å². The normalized spacial score (nSPS) is 15.7. The number of fused-ring (bicyclic) bond motifs is 1. The van der Waals surface area contributed by atoms with Crippen molar-refractivity contribution in [2.24, 2.45) is 4.99 Å². The van der Waals surface area contributed by atoms with E-state index < -0.39 is 6.04 Å². The summed E-state index contributed by atoms with van der Waals surface area (Å²) in [6.45, 7) is 17.4. The van der Waals surface area contributed by atoms with E-state index in [0.29, 0.717) is 11.5 Å². The van der Waals surface area contributed by atoms with Crippen LogP contribution in [0.5, 0.6) is 5.75 Å². The molecule has 1 fully saturated rings. The number of aromatic nitrogens is 3. The number of amidine groups is 1. The highest BCUT2D eigenvalue weighted by Gasteiger charge is 2.41. The number of carbonyl (C=O) groups is 2. The van der Waals surface area contributed by atoms with E-state index in [9.17, 15) is 9.59 Å². The molecule has 0 saturated carbocycles. The Labute approximate surface area is 306 Å². The fourth-order valence-corrected chi connectivity index (χ4v) is 6.27. The first-order chi connectivity index (χ1) is 24.8. The molecule has 1 aromatic heterocycles. The van der Waals surface area contributed by atoms with Crippen molar-refractivity contribution in [2.75, 3.05) is 11.9 Å². The number of anilines is 1. The molecule has 1 unspecified atom stereocenters. The number of para-hydroxylation sites is 1. The van der Waals surface area contributed by atoms with E-state index >= 15 is 0 Å². The van der Waals surface area contributed by atoms with Crippen LogP contribution in [0.4, 0.5) is 11.4 Å². The lowest BCUT2D eigenvalue weighted by Crippen LogP contribution is -2.35. The summed E-state index contributed by atoms with van der Waals surface area (Å²) in [4.78, 5) is 32.0. The van der Waals surface area contributed by atoms with Gasteiger partial charge in [0.2, 0.25) is 0 Å². The number of rotatable bonds is 12. The van der Waals surface area contributed by atoms with Crippen molar-refractivity contribution in [3.63, 3.8) is 0 Å². The average Bonchev–Trinajstić information content (AvgIpc) is 3.69. The minimum atomic E-state index is -0.817. The molecule has 270 valence electrons. The van der Waals surface area contributed by atoms with Crippen molar-refractivity contribution in [3.8, 4) is 5.75 Å². The second-order valence-electron chi connectivity index (χ2n) is 14.9. The molecule has 4 aromatic carbocycles. The van der Waals surface area contributed by atoms with Gasteiger partial charge in [0.05, 0.1) is 17.7 Å². The predicted molar refractivity (Wildman–Crippen MR) is 207 cm³/mol. The predicted octanol–water partition coefficient (Wildman–Crippen LogP) is 8.26. The fraction of sp³-hybridized carbons (Fsp3) is 0.357. The Bertz CT molecular complexity index is 2130. The molecule has 0 spiro atoms. The molecule has 2 N–H and O–H groups in total. The summed E-state index contributed by atoms with van der Waals surface area (Å²) in [7, 11) is 0. The lowest BCUT2D eigenvalue weighted by Gasteiger charge is -2.30. The molecule has 52 heavy (non-hydrogen) atoms. The lowest BCUT2D eigenvalue weighted by atomic mass is 9.76. The summed E-state index contributed by atoms with van der Waals surface area (Å²) in [5, 5.41) is 13.3. The maximum atomic E-state index is 14.0. The maximum absolute atomic E-state index is 14.0. The molecule has 1 atom stereocenters. The van der Waals surface area contributed by atoms with E-state index in [2.05, 4.69) is 74.7 Å². The third kappa shape index (κ3) is 7.42. The van der Waals surface area contributed by atoms with Crippen molar-refractivity contribution in [3.05, 3.63) is 113 Å². The molecule has 6 rings (SSSR count). The molecule has 1 aliphatic rings. The van der Waals surface area contributed by atoms with Crippen LogP contribution in [0.15, 0.2) is 89.9 Å². The highest BCUT2D eigenvalue weighted by atomic mass is 16.5. The number of aryl methyl sites for hydroxylation is 2. The Morgan fingerprint density at radius 3 is 2.33 bits per heavy atom. The molecular formula is C42H49N7O3. The topological polar surface area (TPSA) is 114 Å². The Morgan fingerprint density at radius 1 is 0.904 bits per heavy atom. The number of ether oxygens (including phenoxy) is 1. The SMILES string of the molecule is CCC(C)(C)c1ccc(OCC(=O)Nc2ccc(CN3NC(=Nc4ccccc4C)C(n4nnc5c(C)cccc54)C3=O)cc2)c(C(C)(C)CC)c1. The average molecular weight is 700 g/mol. The van der Waals surface area contributed by atoms with Crippen molar-refractivity contribution < 1.29 is 14.3 Å². The molecule has 2 amide bonds. The Balaban J connectivity index is 1.15. The summed E-state index contributed by atoms with van der Waals surface area (Å²) in [5.41, 5.74) is 11.3. The van der Waals surface area contributed by atoms with Gasteiger partial charge in [0, 0.05) is 11.3 Å². The van der Waals surface area contributed by atoms with Crippen LogP contribution in [-0.2, 0) is 27.0 Å². The molecule has 10 nitrogen and oxygen atoms in total. The van der Waals surface area contributed by atoms with Gasteiger partial charge in [0.1, 0.15) is 11.3 Å². The number of nitrogens with one attached hydrogen (secondary N) is 2. The fourth-order valence-electron chi connectivity index (χ4n) is 6.27. The molecule has 0 aliphatic carbocycles. The highest BCUT2D eigenvalue weighted by molar-refractivity contribution is 6.11. The molecule has 5 aromatic rings. The summed E-state index contributed by atoms with van der Waals surface area (Å²) >= 11 is 0. The summed E-state index contributed by atoms with van der Waals surface area (Å²) in [6, 6.07) is 26.6. The van der Waals surface area contributed by atoms with Gasteiger partial charge in [-0.1, -0.05) is 101 Å². The first kappa shape index (κ1) is 36.3. The minimum absolute atomic E-state index is 0.0446. The zero-order valence-electron chi connectivity index (χ0n) is 31.4. The van der Waals surface area contributed by atoms with Crippen molar-refractivity contribution in [1.82, 2.24) is 25.4 Å². The molecule has 1 saturated heterocycles. The molecular weight excluding hydrogens is 651 g/mol. The second kappa shape index (κ2) is 14.6. The van der Waals surface area contributed by atoms with Crippen LogP contribution in [0, 0.1) is 13.8 Å². The first-order valence-corrected chi connectivity index (χ1v) is 18.0. The summed E-state index contributed by atoms with van der Waals surface area (Å²) in [6.07, 6.45) is 1.96. The molecule has 2 heterocycles. The number of amides is 2. The van der Waals surface area contributed by atoms with E-state index in [1.165, 1.54) is 5.56 Å². The number of nitrogens with zero attached hydrogens (tertiary/aromatic N) is 5. The molecule has 0 bridgehead atoms. The minimum Gasteiger partial charge on any atom is -0.483 e. The van der Waals surface area contributed by atoms with Crippen LogP contribution >= 0.6 is 0 Å². The third-order valence-electron chi connectivity index (χ3n) is 10.5. The van der Waals surface area contributed by atoms with Crippen LogP contribution in [0.2, 0.25) is 0 Å². The van der Waals surface area contributed by atoms with Crippen LogP contribution < -0.4 is 15.5 Å². The van der Waals surface area contributed by atoms with Gasteiger partial charge in [-0.15, -0.1) is 5.10 Å². The largest absolute Gasteiger partial charge is 0.483 e. The number of hydrazine groups is 1. The standard InChI is InChI=1S/C42H49N7O3/c1-9-41(5,6)30-20-23-35(32(24-30)42(7,8)10-2)52-26-36(50)43-31-21-18-29(19-22-31)25-48-40(51)38(39(46-48)44-33-16-12-11-14-27(33)3)49-34-17-13-15-28(4)37(34)45-47-49/h11-24,38H,9-10,25-26H2,1-8H3,(H,43,50)(H,44,46). The van der Waals surface area contributed by atoms with Gasteiger partial charge in [-0.05, 0) is 90.1 Å². The number of aliphatic imine (C=N–C) groups is 1. The number of carbonyl (C=O) groups excluding carboxylic acids is 2. The summed E-state index contributed by atoms with van der Waals surface area (Å²) < 4.78 is 7.77. The molecule has 0 radical (unpaired) electrons. The van der Waals surface area contributed by atoms with E-state index in [4.69, 9.17) is 9.73 Å². The van der Waals surface area contributed by atoms with Gasteiger partial charge >= 0.3 is 0 Å². The van der Waals surface area contributed by atoms with Crippen molar-refractivity contribution in [1.29, 1.82) is 0 Å². The smallest absolute Gasteiger partial charge is 0.274 e. The van der Waals surface area contributed by atoms with Gasteiger partial charge < -0.3 is 10.1 Å². The third-order valence-corrected chi connectivity index (χ3v) is 10.5. The maximum Gasteiger partial charge on any atom is 0.274 e. The zero-order valence-corrected chi connectivity index (χ0v) is 31.4. The van der Waals surface area contributed by atoms with Gasteiger partial charge in [-0.2, -0.15) is 0 Å². The van der Waals surface area contributed by atoms with E-state index in [1.807, 2.05) is 86.6 Å². The second-order valence-corrected chi connectivity index (χ2v) is 14.9. The Morgan fingerprint density at radius 2 is 1.62 bits per heavy atom. The quantitative estimate of drug-likeness (QED) is 0.136. The van der Waals surface area contributed by atoms with Gasteiger partial charge in [-0.25, -0.2) is 14.7 Å². The van der Waals surface area contributed by atoms with Gasteiger partial charge in [-0.3, -0.25) is 15.0 Å². The summed E-state index contributed by atoms with van der Waals surface area (Å²) in [5.74, 6) is 0.740. The van der Waals surface area contributed by atoms with Gasteiger partial charge in [0.25, 0.3) is 11.8 Å². The lowest BCUT2D eigenvalue weighted by molar-refractivity contribution is -0.132. The first-order valence-electron chi connectivity index (χ1n) is 18.0. The number of hydrogen-bond acceptors (Lipinski definition) is 6. The van der Waals surface area contributed by atoms with Gasteiger partial charge in [0.15, 0.2) is 18.5 Å². The van der Waals surface area contributed by atoms with Crippen LogP contribution in [0.1, 0.15) is 88.2 Å². The van der Waals surface area contributed by atoms with Crippen LogP contribution in [0.3, 0.4) is 0 Å². The van der Waals surface area contributed by atoms with E-state index in [0.717, 1.165) is 57.6 Å². The Hall–Kier alpha value is -5.51. The molecule has 1 aliphatic heterocycles. The van der Waals surface area contributed by atoms with E-state index in [-0.39, 0.29) is 35.8 Å². The van der Waals surface area contributed by atoms with Crippen molar-refractivity contribution in [2.45, 2.75) is 91.6 Å². The molecule has 10 heteroatoms. The van der Waals surface area contributed by atoms with Crippen molar-refractivity contribution >= 4 is 40.1 Å². The Kier molecular flexibility index (Phi) is 10.2. The van der Waals surface area contributed by atoms with Crippen LogP contribution in [0.25, 0.3) is 11.0 Å². The highest BCUT2D eigenvalue weighted by Crippen LogP contribution is 2.38.